The Morgan fingerprint density at radius 3 is 2.33 bits per heavy atom. The van der Waals surface area contributed by atoms with Crippen molar-refractivity contribution in [3.63, 3.8) is 0 Å². The lowest BCUT2D eigenvalue weighted by Gasteiger charge is -2.20. The van der Waals surface area contributed by atoms with Crippen LogP contribution in [0.25, 0.3) is 0 Å². The normalized spacial score (nSPS) is 14.4. The van der Waals surface area contributed by atoms with Crippen LogP contribution in [0.2, 0.25) is 0 Å². The van der Waals surface area contributed by atoms with Gasteiger partial charge in [-0.15, -0.1) is 0 Å². The first-order chi connectivity index (χ1) is 8.10. The second-order valence-electron chi connectivity index (χ2n) is 5.10. The molecular weight excluding hydrogens is 309 g/mol. The summed E-state index contributed by atoms with van der Waals surface area (Å²) in [6, 6.07) is 7.15. The second-order valence-corrected chi connectivity index (χ2v) is 6.20. The number of benzene rings is 1. The molecule has 0 aromatic heterocycles. The highest BCUT2D eigenvalue weighted by Gasteiger charge is 2.38. The van der Waals surface area contributed by atoms with Gasteiger partial charge in [-0.2, -0.15) is 13.2 Å². The number of halogens is 4. The zero-order valence-electron chi connectivity index (χ0n) is 10.5. The number of hydrogen-bond donors (Lipinski definition) is 0. The molecule has 0 fully saturated rings. The van der Waals surface area contributed by atoms with Gasteiger partial charge >= 0.3 is 6.18 Å². The lowest BCUT2D eigenvalue weighted by molar-refractivity contribution is -0.132. The van der Waals surface area contributed by atoms with Gasteiger partial charge < -0.3 is 4.74 Å². The summed E-state index contributed by atoms with van der Waals surface area (Å²) in [7, 11) is 0. The first-order valence-electron chi connectivity index (χ1n) is 5.55. The van der Waals surface area contributed by atoms with Crippen LogP contribution in [0.3, 0.4) is 0 Å². The molecule has 18 heavy (non-hydrogen) atoms. The molecule has 0 saturated carbocycles. The molecule has 0 radical (unpaired) electrons. The van der Waals surface area contributed by atoms with Crippen LogP contribution in [0.5, 0.6) is 5.75 Å². The highest BCUT2D eigenvalue weighted by Crippen LogP contribution is 2.29. The number of ether oxygens (including phenoxy) is 1. The largest absolute Gasteiger partial charge is 0.492 e. The van der Waals surface area contributed by atoms with E-state index in [4.69, 9.17) is 4.74 Å². The molecule has 1 nitrogen and oxygen atoms in total. The molecule has 0 bridgehead atoms. The van der Waals surface area contributed by atoms with Gasteiger partial charge in [0.2, 0.25) is 0 Å². The average molecular weight is 325 g/mol. The first kappa shape index (κ1) is 15.3. The zero-order valence-corrected chi connectivity index (χ0v) is 12.1. The Kier molecular flexibility index (Phi) is 4.70. The molecule has 1 aromatic rings. The molecular formula is C13H16BrF3O. The van der Waals surface area contributed by atoms with Crippen molar-refractivity contribution in [1.29, 1.82) is 0 Å². The van der Waals surface area contributed by atoms with Gasteiger partial charge in [0.15, 0.2) is 0 Å². The molecule has 1 rings (SSSR count). The van der Waals surface area contributed by atoms with E-state index < -0.39 is 17.6 Å². The molecule has 0 amide bonds. The van der Waals surface area contributed by atoms with Gasteiger partial charge in [0.05, 0.1) is 0 Å². The highest BCUT2D eigenvalue weighted by atomic mass is 79.9. The Balaban J connectivity index is 2.69. The predicted octanol–water partition coefficient (Wildman–Crippen LogP) is 4.69. The van der Waals surface area contributed by atoms with Crippen LogP contribution >= 0.6 is 15.9 Å². The molecule has 1 unspecified atom stereocenters. The summed E-state index contributed by atoms with van der Waals surface area (Å²) in [5.41, 5.74) is 0.968. The number of alkyl halides is 4. The smallest absolute Gasteiger partial charge is 0.404 e. The van der Waals surface area contributed by atoms with Gasteiger partial charge in [-0.05, 0) is 23.1 Å². The molecule has 0 aliphatic rings. The van der Waals surface area contributed by atoms with Crippen LogP contribution in [0.4, 0.5) is 13.2 Å². The highest BCUT2D eigenvalue weighted by molar-refractivity contribution is 9.09. The maximum Gasteiger partial charge on any atom is 0.404 e. The molecule has 0 aliphatic heterocycles. The van der Waals surface area contributed by atoms with E-state index in [0.29, 0.717) is 5.75 Å². The van der Waals surface area contributed by atoms with Gasteiger partial charge in [-0.1, -0.05) is 48.8 Å². The fourth-order valence-electron chi connectivity index (χ4n) is 1.32. The Bertz CT molecular complexity index is 396. The van der Waals surface area contributed by atoms with E-state index in [0.717, 1.165) is 5.56 Å². The topological polar surface area (TPSA) is 9.23 Å². The maximum atomic E-state index is 12.3. The maximum absolute atomic E-state index is 12.3. The standard InChI is InChI=1S/C13H16BrF3O/c1-12(2,3)9-5-4-6-10(7-9)18-8-11(14)13(15,16)17/h4-7,11H,8H2,1-3H3. The molecule has 0 aliphatic carbocycles. The molecule has 1 atom stereocenters. The van der Waals surface area contributed by atoms with Crippen molar-refractivity contribution in [2.75, 3.05) is 6.61 Å². The van der Waals surface area contributed by atoms with Crippen LogP contribution < -0.4 is 4.74 Å². The van der Waals surface area contributed by atoms with Crippen LogP contribution in [-0.2, 0) is 5.41 Å². The second kappa shape index (κ2) is 5.51. The van der Waals surface area contributed by atoms with E-state index >= 15 is 0 Å². The van der Waals surface area contributed by atoms with Crippen LogP contribution in [-0.4, -0.2) is 17.6 Å². The van der Waals surface area contributed by atoms with Crippen molar-refractivity contribution < 1.29 is 17.9 Å². The van der Waals surface area contributed by atoms with Crippen molar-refractivity contribution >= 4 is 15.9 Å². The Morgan fingerprint density at radius 2 is 1.83 bits per heavy atom. The Hall–Kier alpha value is -0.710. The molecule has 0 N–H and O–H groups in total. The Labute approximate surface area is 113 Å². The minimum Gasteiger partial charge on any atom is -0.492 e. The van der Waals surface area contributed by atoms with Gasteiger partial charge in [-0.25, -0.2) is 0 Å². The monoisotopic (exact) mass is 324 g/mol. The summed E-state index contributed by atoms with van der Waals surface area (Å²) in [6.07, 6.45) is -4.29. The lowest BCUT2D eigenvalue weighted by atomic mass is 9.87. The molecule has 1 aromatic carbocycles. The van der Waals surface area contributed by atoms with Gasteiger partial charge in [0.1, 0.15) is 17.2 Å². The van der Waals surface area contributed by atoms with Crippen LogP contribution in [0.1, 0.15) is 26.3 Å². The summed E-state index contributed by atoms with van der Waals surface area (Å²) in [4.78, 5) is -1.65. The minimum atomic E-state index is -4.29. The summed E-state index contributed by atoms with van der Waals surface area (Å²) < 4.78 is 42.0. The lowest BCUT2D eigenvalue weighted by Crippen LogP contribution is -2.28. The zero-order chi connectivity index (χ0) is 14.0. The summed E-state index contributed by atoms with van der Waals surface area (Å²) >= 11 is 2.56. The molecule has 0 spiro atoms. The summed E-state index contributed by atoms with van der Waals surface area (Å²) in [5, 5.41) is 0. The van der Waals surface area contributed by atoms with Crippen molar-refractivity contribution in [1.82, 2.24) is 0 Å². The fraction of sp³-hybridized carbons (Fsp3) is 0.538. The quantitative estimate of drug-likeness (QED) is 0.733. The third kappa shape index (κ3) is 4.52. The van der Waals surface area contributed by atoms with E-state index in [9.17, 15) is 13.2 Å². The van der Waals surface area contributed by atoms with Gasteiger partial charge in [0, 0.05) is 0 Å². The van der Waals surface area contributed by atoms with E-state index in [1.807, 2.05) is 26.8 Å². The molecule has 102 valence electrons. The van der Waals surface area contributed by atoms with Gasteiger partial charge in [-0.3, -0.25) is 0 Å². The molecule has 0 saturated heterocycles. The molecule has 0 heterocycles. The third-order valence-electron chi connectivity index (χ3n) is 2.45. The Morgan fingerprint density at radius 1 is 1.22 bits per heavy atom. The van der Waals surface area contributed by atoms with E-state index in [1.165, 1.54) is 0 Å². The van der Waals surface area contributed by atoms with Crippen molar-refractivity contribution in [2.45, 2.75) is 37.2 Å². The minimum absolute atomic E-state index is 0.0583. The number of hydrogen-bond acceptors (Lipinski definition) is 1. The SMILES string of the molecule is CC(C)(C)c1cccc(OCC(Br)C(F)(F)F)c1. The van der Waals surface area contributed by atoms with Crippen LogP contribution in [0.15, 0.2) is 24.3 Å². The summed E-state index contributed by atoms with van der Waals surface area (Å²) in [5.74, 6) is 0.455. The summed E-state index contributed by atoms with van der Waals surface area (Å²) in [6.45, 7) is 5.68. The van der Waals surface area contributed by atoms with E-state index in [1.54, 1.807) is 18.2 Å². The molecule has 5 heteroatoms. The average Bonchev–Trinajstić information content (AvgIpc) is 2.23. The van der Waals surface area contributed by atoms with E-state index in [2.05, 4.69) is 15.9 Å². The van der Waals surface area contributed by atoms with Crippen LogP contribution in [0, 0.1) is 0 Å². The number of rotatable bonds is 3. The van der Waals surface area contributed by atoms with Gasteiger partial charge in [0.25, 0.3) is 0 Å². The van der Waals surface area contributed by atoms with Crippen molar-refractivity contribution in [3.8, 4) is 5.75 Å². The first-order valence-corrected chi connectivity index (χ1v) is 6.46. The van der Waals surface area contributed by atoms with Crippen molar-refractivity contribution in [3.05, 3.63) is 29.8 Å². The predicted molar refractivity (Wildman–Crippen MR) is 69.4 cm³/mol. The fourth-order valence-corrected chi connectivity index (χ4v) is 1.45. The third-order valence-corrected chi connectivity index (χ3v) is 3.24. The van der Waals surface area contributed by atoms with Crippen molar-refractivity contribution in [2.24, 2.45) is 0 Å². The van der Waals surface area contributed by atoms with E-state index in [-0.39, 0.29) is 5.41 Å².